The van der Waals surface area contributed by atoms with Crippen LogP contribution in [0.2, 0.25) is 0 Å². The molecule has 0 fully saturated rings. The van der Waals surface area contributed by atoms with Gasteiger partial charge in [0.05, 0.1) is 0 Å². The number of carbonyl (C=O) groups excluding carboxylic acids is 1. The highest BCUT2D eigenvalue weighted by Gasteiger charge is 2.12. The van der Waals surface area contributed by atoms with E-state index in [1.54, 1.807) is 0 Å². The summed E-state index contributed by atoms with van der Waals surface area (Å²) < 4.78 is 25.8. The summed E-state index contributed by atoms with van der Waals surface area (Å²) in [6.45, 7) is 3.33. The SMILES string of the molecule is C=CC(=O)c1c[nH]c2cc(F)c(F)cc12. The molecular weight excluding hydrogens is 200 g/mol. The van der Waals surface area contributed by atoms with Crippen LogP contribution in [-0.4, -0.2) is 10.8 Å². The van der Waals surface area contributed by atoms with Gasteiger partial charge in [-0.05, 0) is 12.1 Å². The fraction of sp³-hybridized carbons (Fsp3) is 0. The van der Waals surface area contributed by atoms with Gasteiger partial charge >= 0.3 is 0 Å². The maximum atomic E-state index is 12.9. The van der Waals surface area contributed by atoms with Crippen molar-refractivity contribution in [3.8, 4) is 0 Å². The number of carbonyl (C=O) groups is 1. The standard InChI is InChI=1S/C11H7F2NO/c1-2-11(15)7-5-14-10-4-9(13)8(12)3-6(7)10/h2-5,14H,1H2. The molecule has 0 amide bonds. The van der Waals surface area contributed by atoms with Gasteiger partial charge in [-0.25, -0.2) is 8.78 Å². The summed E-state index contributed by atoms with van der Waals surface area (Å²) >= 11 is 0. The molecule has 0 unspecified atom stereocenters. The highest BCUT2D eigenvalue weighted by Crippen LogP contribution is 2.22. The van der Waals surface area contributed by atoms with Crippen molar-refractivity contribution in [3.63, 3.8) is 0 Å². The van der Waals surface area contributed by atoms with Crippen molar-refractivity contribution in [1.82, 2.24) is 4.98 Å². The number of fused-ring (bicyclic) bond motifs is 1. The van der Waals surface area contributed by atoms with Crippen LogP contribution < -0.4 is 0 Å². The molecule has 2 rings (SSSR count). The molecule has 0 aliphatic carbocycles. The van der Waals surface area contributed by atoms with E-state index in [9.17, 15) is 13.6 Å². The number of aromatic amines is 1. The number of hydrogen-bond acceptors (Lipinski definition) is 1. The molecule has 0 atom stereocenters. The van der Waals surface area contributed by atoms with Gasteiger partial charge in [-0.2, -0.15) is 0 Å². The molecule has 1 heterocycles. The van der Waals surface area contributed by atoms with Crippen LogP contribution in [0, 0.1) is 11.6 Å². The van der Waals surface area contributed by atoms with Crippen molar-refractivity contribution in [2.24, 2.45) is 0 Å². The molecule has 2 aromatic rings. The molecule has 1 N–H and O–H groups in total. The number of allylic oxidation sites excluding steroid dienone is 1. The van der Waals surface area contributed by atoms with E-state index in [1.165, 1.54) is 6.20 Å². The van der Waals surface area contributed by atoms with Crippen LogP contribution in [0.25, 0.3) is 10.9 Å². The van der Waals surface area contributed by atoms with E-state index < -0.39 is 11.6 Å². The Kier molecular flexibility index (Phi) is 2.11. The highest BCUT2D eigenvalue weighted by molar-refractivity contribution is 6.13. The zero-order chi connectivity index (χ0) is 11.0. The number of H-pyrrole nitrogens is 1. The Morgan fingerprint density at radius 1 is 1.33 bits per heavy atom. The molecular formula is C11H7F2NO. The number of hydrogen-bond donors (Lipinski definition) is 1. The van der Waals surface area contributed by atoms with E-state index in [0.29, 0.717) is 16.5 Å². The number of benzene rings is 1. The second-order valence-corrected chi connectivity index (χ2v) is 3.08. The Morgan fingerprint density at radius 2 is 2.00 bits per heavy atom. The molecule has 1 aromatic heterocycles. The van der Waals surface area contributed by atoms with Crippen molar-refractivity contribution >= 4 is 16.7 Å². The summed E-state index contributed by atoms with van der Waals surface area (Å²) in [5.41, 5.74) is 0.679. The summed E-state index contributed by atoms with van der Waals surface area (Å²) in [7, 11) is 0. The lowest BCUT2D eigenvalue weighted by atomic mass is 10.1. The number of rotatable bonds is 2. The normalized spacial score (nSPS) is 10.5. The minimum atomic E-state index is -0.972. The second-order valence-electron chi connectivity index (χ2n) is 3.08. The number of ketones is 1. The second kappa shape index (κ2) is 3.31. The van der Waals surface area contributed by atoms with E-state index in [4.69, 9.17) is 0 Å². The van der Waals surface area contributed by atoms with E-state index in [-0.39, 0.29) is 5.78 Å². The third kappa shape index (κ3) is 1.44. The maximum Gasteiger partial charge on any atom is 0.187 e. The van der Waals surface area contributed by atoms with Crippen LogP contribution in [-0.2, 0) is 0 Å². The molecule has 0 radical (unpaired) electrons. The summed E-state index contributed by atoms with van der Waals surface area (Å²) in [6, 6.07) is 2.02. The van der Waals surface area contributed by atoms with Gasteiger partial charge < -0.3 is 4.98 Å². The molecule has 15 heavy (non-hydrogen) atoms. The molecule has 4 heteroatoms. The Labute approximate surface area is 84.2 Å². The van der Waals surface area contributed by atoms with Crippen molar-refractivity contribution in [1.29, 1.82) is 0 Å². The maximum absolute atomic E-state index is 12.9. The van der Waals surface area contributed by atoms with Gasteiger partial charge in [0.1, 0.15) is 0 Å². The van der Waals surface area contributed by atoms with Crippen molar-refractivity contribution in [2.75, 3.05) is 0 Å². The number of nitrogens with one attached hydrogen (secondary N) is 1. The number of halogens is 2. The minimum Gasteiger partial charge on any atom is -0.360 e. The first-order valence-corrected chi connectivity index (χ1v) is 4.26. The molecule has 2 nitrogen and oxygen atoms in total. The average molecular weight is 207 g/mol. The van der Waals surface area contributed by atoms with Gasteiger partial charge in [0.2, 0.25) is 0 Å². The summed E-state index contributed by atoms with van der Waals surface area (Å²) in [5.74, 6) is -2.24. The molecule has 0 spiro atoms. The quantitative estimate of drug-likeness (QED) is 0.596. The molecule has 0 saturated heterocycles. The highest BCUT2D eigenvalue weighted by atomic mass is 19.2. The zero-order valence-electron chi connectivity index (χ0n) is 7.68. The first kappa shape index (κ1) is 9.58. The van der Waals surface area contributed by atoms with Gasteiger partial charge in [0.15, 0.2) is 17.4 Å². The molecule has 76 valence electrons. The van der Waals surface area contributed by atoms with Crippen LogP contribution in [0.4, 0.5) is 8.78 Å². The third-order valence-electron chi connectivity index (χ3n) is 2.17. The predicted molar refractivity (Wildman–Crippen MR) is 52.7 cm³/mol. The van der Waals surface area contributed by atoms with E-state index in [1.807, 2.05) is 0 Å². The number of aromatic nitrogens is 1. The van der Waals surface area contributed by atoms with Crippen molar-refractivity contribution in [3.05, 3.63) is 48.2 Å². The van der Waals surface area contributed by atoms with Crippen LogP contribution in [0.1, 0.15) is 10.4 Å². The van der Waals surface area contributed by atoms with Crippen molar-refractivity contribution < 1.29 is 13.6 Å². The molecule has 0 saturated carbocycles. The lowest BCUT2D eigenvalue weighted by Crippen LogP contribution is -1.92. The van der Waals surface area contributed by atoms with Gasteiger partial charge in [-0.1, -0.05) is 6.58 Å². The lowest BCUT2D eigenvalue weighted by molar-refractivity contribution is 0.104. The van der Waals surface area contributed by atoms with Gasteiger partial charge in [-0.15, -0.1) is 0 Å². The zero-order valence-corrected chi connectivity index (χ0v) is 7.68. The topological polar surface area (TPSA) is 32.9 Å². The van der Waals surface area contributed by atoms with Gasteiger partial charge in [0.25, 0.3) is 0 Å². The molecule has 0 bridgehead atoms. The molecule has 0 aliphatic rings. The fourth-order valence-corrected chi connectivity index (χ4v) is 1.43. The Bertz CT molecular complexity index is 557. The van der Waals surface area contributed by atoms with Crippen LogP contribution in [0.15, 0.2) is 31.0 Å². The van der Waals surface area contributed by atoms with Gasteiger partial charge in [0, 0.05) is 28.7 Å². The van der Waals surface area contributed by atoms with Crippen molar-refractivity contribution in [2.45, 2.75) is 0 Å². The summed E-state index contributed by atoms with van der Waals surface area (Å²) in [4.78, 5) is 14.0. The van der Waals surface area contributed by atoms with Crippen LogP contribution in [0.5, 0.6) is 0 Å². The van der Waals surface area contributed by atoms with Crippen LogP contribution in [0.3, 0.4) is 0 Å². The summed E-state index contributed by atoms with van der Waals surface area (Å²) in [6.07, 6.45) is 2.54. The van der Waals surface area contributed by atoms with Gasteiger partial charge in [-0.3, -0.25) is 4.79 Å². The molecule has 0 aliphatic heterocycles. The molecule has 1 aromatic carbocycles. The summed E-state index contributed by atoms with van der Waals surface area (Å²) in [5, 5.41) is 0.360. The average Bonchev–Trinajstić information content (AvgIpc) is 2.61. The fourth-order valence-electron chi connectivity index (χ4n) is 1.43. The lowest BCUT2D eigenvalue weighted by Gasteiger charge is -1.95. The first-order chi connectivity index (χ1) is 7.13. The smallest absolute Gasteiger partial charge is 0.187 e. The van der Waals surface area contributed by atoms with E-state index in [2.05, 4.69) is 11.6 Å². The predicted octanol–water partition coefficient (Wildman–Crippen LogP) is 2.81. The minimum absolute atomic E-state index is 0.291. The Morgan fingerprint density at radius 3 is 2.67 bits per heavy atom. The first-order valence-electron chi connectivity index (χ1n) is 4.26. The van der Waals surface area contributed by atoms with E-state index in [0.717, 1.165) is 18.2 Å². The Hall–Kier alpha value is -1.97. The third-order valence-corrected chi connectivity index (χ3v) is 2.17. The Balaban J connectivity index is 2.74. The van der Waals surface area contributed by atoms with E-state index >= 15 is 0 Å². The monoisotopic (exact) mass is 207 g/mol. The largest absolute Gasteiger partial charge is 0.360 e. The van der Waals surface area contributed by atoms with Crippen LogP contribution >= 0.6 is 0 Å².